The third-order valence-corrected chi connectivity index (χ3v) is 4.98. The molecule has 2 heterocycles. The van der Waals surface area contributed by atoms with Gasteiger partial charge in [-0.3, -0.25) is 9.69 Å². The SMILES string of the molecule is COc1ccccc1-c1noc(CN2C(=O)N[C@@](C)(c3ccc(C#N)cc3)C2=O)n1. The number of nitrogens with one attached hydrogen (secondary N) is 1. The Balaban J connectivity index is 1.57. The standard InChI is InChI=1S/C21H17N5O4/c1-21(14-9-7-13(11-22)8-10-14)19(27)26(20(28)24-21)12-17-23-18(25-30-17)15-5-3-4-6-16(15)29-2/h3-10H,12H2,1-2H3,(H,24,28)/t21-/m0/s1. The molecule has 1 aliphatic heterocycles. The van der Waals surface area contributed by atoms with E-state index in [0.29, 0.717) is 28.3 Å². The first kappa shape index (κ1) is 19.1. The fourth-order valence-electron chi connectivity index (χ4n) is 3.31. The highest BCUT2D eigenvalue weighted by Crippen LogP contribution is 2.31. The molecule has 1 aliphatic rings. The summed E-state index contributed by atoms with van der Waals surface area (Å²) < 4.78 is 10.6. The number of imide groups is 1. The van der Waals surface area contributed by atoms with E-state index in [2.05, 4.69) is 15.5 Å². The van der Waals surface area contributed by atoms with Gasteiger partial charge in [-0.15, -0.1) is 0 Å². The number of ether oxygens (including phenoxy) is 1. The Morgan fingerprint density at radius 2 is 1.93 bits per heavy atom. The molecule has 1 fully saturated rings. The Kier molecular flexibility index (Phi) is 4.68. The summed E-state index contributed by atoms with van der Waals surface area (Å²) in [4.78, 5) is 30.9. The summed E-state index contributed by atoms with van der Waals surface area (Å²) in [5.74, 6) is 0.537. The van der Waals surface area contributed by atoms with Crippen molar-refractivity contribution in [2.45, 2.75) is 19.0 Å². The minimum Gasteiger partial charge on any atom is -0.496 e. The van der Waals surface area contributed by atoms with Crippen molar-refractivity contribution >= 4 is 11.9 Å². The zero-order valence-corrected chi connectivity index (χ0v) is 16.2. The van der Waals surface area contributed by atoms with E-state index in [0.717, 1.165) is 4.90 Å². The summed E-state index contributed by atoms with van der Waals surface area (Å²) in [6.45, 7) is 1.45. The van der Waals surface area contributed by atoms with Crippen LogP contribution in [0.1, 0.15) is 23.9 Å². The monoisotopic (exact) mass is 403 g/mol. The maximum atomic E-state index is 13.0. The van der Waals surface area contributed by atoms with Gasteiger partial charge in [0.05, 0.1) is 24.3 Å². The predicted molar refractivity (Wildman–Crippen MR) is 104 cm³/mol. The molecular weight excluding hydrogens is 386 g/mol. The van der Waals surface area contributed by atoms with Crippen LogP contribution in [0.5, 0.6) is 5.75 Å². The number of nitriles is 1. The van der Waals surface area contributed by atoms with Crippen molar-refractivity contribution < 1.29 is 18.8 Å². The number of hydrogen-bond acceptors (Lipinski definition) is 7. The van der Waals surface area contributed by atoms with E-state index in [-0.39, 0.29) is 12.4 Å². The minimum absolute atomic E-state index is 0.114. The Hall–Kier alpha value is -4.19. The molecule has 0 unspecified atom stereocenters. The molecule has 1 saturated heterocycles. The molecule has 2 aromatic carbocycles. The van der Waals surface area contributed by atoms with E-state index < -0.39 is 17.5 Å². The molecule has 1 aromatic heterocycles. The predicted octanol–water partition coefficient (Wildman–Crippen LogP) is 2.58. The number of methoxy groups -OCH3 is 1. The second-order valence-corrected chi connectivity index (χ2v) is 6.85. The largest absolute Gasteiger partial charge is 0.496 e. The number of benzene rings is 2. The Morgan fingerprint density at radius 1 is 1.20 bits per heavy atom. The van der Waals surface area contributed by atoms with Gasteiger partial charge < -0.3 is 14.6 Å². The van der Waals surface area contributed by atoms with E-state index in [1.54, 1.807) is 43.3 Å². The minimum atomic E-state index is -1.25. The van der Waals surface area contributed by atoms with Crippen molar-refractivity contribution in [1.29, 1.82) is 5.26 Å². The highest BCUT2D eigenvalue weighted by atomic mass is 16.5. The van der Waals surface area contributed by atoms with E-state index in [9.17, 15) is 9.59 Å². The van der Waals surface area contributed by atoms with E-state index in [4.69, 9.17) is 14.5 Å². The molecule has 1 N–H and O–H groups in total. The molecule has 0 radical (unpaired) electrons. The Morgan fingerprint density at radius 3 is 2.63 bits per heavy atom. The first-order valence-electron chi connectivity index (χ1n) is 9.07. The molecule has 4 rings (SSSR count). The molecule has 3 amide bonds. The zero-order valence-electron chi connectivity index (χ0n) is 16.2. The first-order valence-corrected chi connectivity index (χ1v) is 9.07. The van der Waals surface area contributed by atoms with Gasteiger partial charge in [-0.2, -0.15) is 10.2 Å². The van der Waals surface area contributed by atoms with Gasteiger partial charge >= 0.3 is 6.03 Å². The third-order valence-electron chi connectivity index (χ3n) is 4.98. The van der Waals surface area contributed by atoms with Crippen molar-refractivity contribution in [2.24, 2.45) is 0 Å². The average molecular weight is 403 g/mol. The summed E-state index contributed by atoms with van der Waals surface area (Å²) in [6.07, 6.45) is 0. The van der Waals surface area contributed by atoms with Crippen molar-refractivity contribution in [1.82, 2.24) is 20.4 Å². The van der Waals surface area contributed by atoms with Gasteiger partial charge in [0, 0.05) is 0 Å². The molecule has 9 heteroatoms. The lowest BCUT2D eigenvalue weighted by molar-refractivity contribution is -0.131. The fourth-order valence-corrected chi connectivity index (χ4v) is 3.31. The molecule has 9 nitrogen and oxygen atoms in total. The zero-order chi connectivity index (χ0) is 21.3. The van der Waals surface area contributed by atoms with E-state index in [1.807, 2.05) is 18.2 Å². The van der Waals surface area contributed by atoms with Crippen LogP contribution in [0, 0.1) is 11.3 Å². The molecule has 3 aromatic rings. The van der Waals surface area contributed by atoms with Crippen LogP contribution in [0.15, 0.2) is 53.1 Å². The summed E-state index contributed by atoms with van der Waals surface area (Å²) >= 11 is 0. The molecule has 0 spiro atoms. The lowest BCUT2D eigenvalue weighted by Crippen LogP contribution is -2.40. The van der Waals surface area contributed by atoms with E-state index in [1.165, 1.54) is 7.11 Å². The maximum absolute atomic E-state index is 13.0. The van der Waals surface area contributed by atoms with Crippen LogP contribution in [0.2, 0.25) is 0 Å². The highest BCUT2D eigenvalue weighted by Gasteiger charge is 2.49. The van der Waals surface area contributed by atoms with Crippen LogP contribution in [0.25, 0.3) is 11.4 Å². The van der Waals surface area contributed by atoms with Crippen molar-refractivity contribution in [2.75, 3.05) is 7.11 Å². The van der Waals surface area contributed by atoms with Gasteiger partial charge in [0.1, 0.15) is 17.8 Å². The summed E-state index contributed by atoms with van der Waals surface area (Å²) in [5.41, 5.74) is 0.416. The second-order valence-electron chi connectivity index (χ2n) is 6.85. The Labute approximate surface area is 171 Å². The number of carbonyl (C=O) groups excluding carboxylic acids is 2. The van der Waals surface area contributed by atoms with Gasteiger partial charge in [-0.25, -0.2) is 4.79 Å². The number of carbonyl (C=O) groups is 2. The van der Waals surface area contributed by atoms with Gasteiger partial charge in [0.2, 0.25) is 11.7 Å². The maximum Gasteiger partial charge on any atom is 0.325 e. The van der Waals surface area contributed by atoms with Crippen LogP contribution < -0.4 is 10.1 Å². The quantitative estimate of drug-likeness (QED) is 0.650. The number of hydrogen-bond donors (Lipinski definition) is 1. The number of aromatic nitrogens is 2. The van der Waals surface area contributed by atoms with Crippen LogP contribution in [0.4, 0.5) is 4.79 Å². The molecular formula is C21H17N5O4. The van der Waals surface area contributed by atoms with Crippen LogP contribution in [-0.2, 0) is 16.9 Å². The van der Waals surface area contributed by atoms with Gasteiger partial charge in [0.15, 0.2) is 0 Å². The smallest absolute Gasteiger partial charge is 0.325 e. The molecule has 0 saturated carbocycles. The van der Waals surface area contributed by atoms with Crippen LogP contribution in [0.3, 0.4) is 0 Å². The lowest BCUT2D eigenvalue weighted by Gasteiger charge is -2.22. The highest BCUT2D eigenvalue weighted by molar-refractivity contribution is 6.07. The number of amides is 3. The topological polar surface area (TPSA) is 121 Å². The number of rotatable bonds is 5. The fraction of sp³-hybridized carbons (Fsp3) is 0.190. The molecule has 150 valence electrons. The Bertz CT molecular complexity index is 1160. The molecule has 0 aliphatic carbocycles. The normalized spacial score (nSPS) is 18.2. The first-order chi connectivity index (χ1) is 14.5. The summed E-state index contributed by atoms with van der Waals surface area (Å²) in [5, 5.41) is 15.6. The molecule has 0 bridgehead atoms. The van der Waals surface area contributed by atoms with Crippen LogP contribution >= 0.6 is 0 Å². The number of para-hydroxylation sites is 1. The van der Waals surface area contributed by atoms with Gasteiger partial charge in [-0.1, -0.05) is 29.4 Å². The third kappa shape index (κ3) is 3.14. The van der Waals surface area contributed by atoms with Crippen LogP contribution in [-0.4, -0.2) is 34.1 Å². The van der Waals surface area contributed by atoms with Crippen molar-refractivity contribution in [3.63, 3.8) is 0 Å². The number of nitrogens with zero attached hydrogens (tertiary/aromatic N) is 4. The lowest BCUT2D eigenvalue weighted by atomic mass is 9.91. The van der Waals surface area contributed by atoms with E-state index >= 15 is 0 Å². The second kappa shape index (κ2) is 7.33. The molecule has 30 heavy (non-hydrogen) atoms. The number of urea groups is 1. The average Bonchev–Trinajstić information content (AvgIpc) is 3.33. The van der Waals surface area contributed by atoms with Gasteiger partial charge in [0.25, 0.3) is 5.91 Å². The van der Waals surface area contributed by atoms with Gasteiger partial charge in [-0.05, 0) is 36.8 Å². The van der Waals surface area contributed by atoms with Crippen molar-refractivity contribution in [3.05, 3.63) is 65.5 Å². The van der Waals surface area contributed by atoms with Crippen molar-refractivity contribution in [3.8, 4) is 23.2 Å². The molecule has 1 atom stereocenters. The summed E-state index contributed by atoms with van der Waals surface area (Å²) in [7, 11) is 1.54. The summed E-state index contributed by atoms with van der Waals surface area (Å²) in [6, 6.07) is 15.1.